The highest BCUT2D eigenvalue weighted by Crippen LogP contribution is 2.50. The third-order valence-electron chi connectivity index (χ3n) is 7.02. The van der Waals surface area contributed by atoms with Crippen molar-refractivity contribution in [2.45, 2.75) is 54.4 Å². The number of fused-ring (bicyclic) bond motifs is 3. The van der Waals surface area contributed by atoms with Crippen molar-refractivity contribution in [1.82, 2.24) is 5.32 Å². The highest BCUT2D eigenvalue weighted by Gasteiger charge is 2.44. The van der Waals surface area contributed by atoms with Crippen LogP contribution in [-0.2, 0) is 11.2 Å². The molecule has 37 heavy (non-hydrogen) atoms. The normalized spacial score (nSPS) is 27.0. The van der Waals surface area contributed by atoms with Crippen LogP contribution in [-0.4, -0.2) is 85.3 Å². The van der Waals surface area contributed by atoms with Crippen molar-refractivity contribution in [3.05, 3.63) is 45.6 Å². The summed E-state index contributed by atoms with van der Waals surface area (Å²) in [7, 11) is 4.62. The Hall–Kier alpha value is -2.38. The highest BCUT2D eigenvalue weighted by atomic mass is 32.2. The van der Waals surface area contributed by atoms with E-state index in [1.807, 2.05) is 18.4 Å². The van der Waals surface area contributed by atoms with Gasteiger partial charge < -0.3 is 44.7 Å². The van der Waals surface area contributed by atoms with Gasteiger partial charge in [-0.05, 0) is 54.0 Å². The zero-order valence-electron chi connectivity index (χ0n) is 21.1. The van der Waals surface area contributed by atoms with Gasteiger partial charge in [-0.1, -0.05) is 6.07 Å². The van der Waals surface area contributed by atoms with E-state index in [1.54, 1.807) is 26.4 Å². The predicted molar refractivity (Wildman–Crippen MR) is 138 cm³/mol. The topological polar surface area (TPSA) is 147 Å². The Kier molecular flexibility index (Phi) is 8.64. The molecule has 202 valence electrons. The van der Waals surface area contributed by atoms with Crippen LogP contribution in [0, 0.1) is 0 Å². The van der Waals surface area contributed by atoms with Gasteiger partial charge in [-0.3, -0.25) is 4.79 Å². The van der Waals surface area contributed by atoms with Crippen molar-refractivity contribution in [3.8, 4) is 28.4 Å². The van der Waals surface area contributed by atoms with Gasteiger partial charge in [-0.25, -0.2) is 0 Å². The van der Waals surface area contributed by atoms with Gasteiger partial charge in [0.25, 0.3) is 0 Å². The average Bonchev–Trinajstić information content (AvgIpc) is 3.15. The molecule has 4 rings (SSSR count). The molecule has 1 heterocycles. The molecule has 6 atom stereocenters. The molecule has 1 fully saturated rings. The third-order valence-corrected chi connectivity index (χ3v) is 7.80. The van der Waals surface area contributed by atoms with Gasteiger partial charge in [0.2, 0.25) is 5.75 Å². The molecule has 5 unspecified atom stereocenters. The van der Waals surface area contributed by atoms with Crippen molar-refractivity contribution in [1.29, 1.82) is 0 Å². The summed E-state index contributed by atoms with van der Waals surface area (Å²) >= 11 is 1.34. The summed E-state index contributed by atoms with van der Waals surface area (Å²) < 4.78 is 22.3. The van der Waals surface area contributed by atoms with Crippen LogP contribution >= 0.6 is 11.8 Å². The molecule has 1 aliphatic carbocycles. The first-order valence-corrected chi connectivity index (χ1v) is 13.1. The summed E-state index contributed by atoms with van der Waals surface area (Å²) in [5.41, 5.74) is 2.89. The van der Waals surface area contributed by atoms with Gasteiger partial charge >= 0.3 is 0 Å². The molecule has 10 nitrogen and oxygen atoms in total. The summed E-state index contributed by atoms with van der Waals surface area (Å²) in [5.74, 6) is 1.40. The van der Waals surface area contributed by atoms with Crippen LogP contribution in [0.1, 0.15) is 23.6 Å². The molecule has 1 aliphatic heterocycles. The number of hydrogen-bond donors (Lipinski definition) is 5. The number of aliphatic hydroxyl groups excluding tert-OH is 4. The number of thioether (sulfide) groups is 1. The van der Waals surface area contributed by atoms with E-state index in [2.05, 4.69) is 5.32 Å². The Labute approximate surface area is 219 Å². The number of aryl methyl sites for hydroxylation is 1. The predicted octanol–water partition coefficient (Wildman–Crippen LogP) is 0.838. The monoisotopic (exact) mass is 535 g/mol. The highest BCUT2D eigenvalue weighted by molar-refractivity contribution is 7.98. The lowest BCUT2D eigenvalue weighted by molar-refractivity contribution is -0.263. The molecule has 0 radical (unpaired) electrons. The molecular weight excluding hydrogens is 502 g/mol. The standard InChI is InChI=1S/C26H33NO9S/c1-33-17-9-12-5-7-15(27-21-18(11-28)36-26(32)23(31)22(21)30)14-10-16(29)19(37-4)8-6-13(14)20(12)25(35-3)24(17)34-2/h6,8-10,15,18,21-23,26-28,30-32H,5,7,11H2,1-4H3/t15-,18?,21?,22?,23?,26?/m0/s1. The molecule has 2 aromatic carbocycles. The molecule has 1 saturated heterocycles. The van der Waals surface area contributed by atoms with Crippen molar-refractivity contribution in [2.75, 3.05) is 34.2 Å². The van der Waals surface area contributed by atoms with Crippen LogP contribution in [0.2, 0.25) is 0 Å². The van der Waals surface area contributed by atoms with E-state index in [4.69, 9.17) is 18.9 Å². The number of methoxy groups -OCH3 is 3. The maximum absolute atomic E-state index is 13.1. The summed E-state index contributed by atoms with van der Waals surface area (Å²) in [6.45, 7) is -0.494. The van der Waals surface area contributed by atoms with Crippen molar-refractivity contribution < 1.29 is 39.4 Å². The van der Waals surface area contributed by atoms with Crippen LogP contribution in [0.4, 0.5) is 0 Å². The molecule has 0 spiro atoms. The third kappa shape index (κ3) is 5.05. The lowest BCUT2D eigenvalue weighted by Crippen LogP contribution is -2.63. The second-order valence-electron chi connectivity index (χ2n) is 8.97. The molecule has 2 aliphatic rings. The van der Waals surface area contributed by atoms with Gasteiger partial charge in [-0.15, -0.1) is 11.8 Å². The molecule has 0 aromatic heterocycles. The first-order valence-electron chi connectivity index (χ1n) is 11.9. The van der Waals surface area contributed by atoms with Gasteiger partial charge in [0.05, 0.1) is 38.9 Å². The minimum atomic E-state index is -1.63. The van der Waals surface area contributed by atoms with Crippen molar-refractivity contribution >= 4 is 11.8 Å². The summed E-state index contributed by atoms with van der Waals surface area (Å²) in [6.07, 6.45) is -2.73. The van der Waals surface area contributed by atoms with Gasteiger partial charge in [-0.2, -0.15) is 0 Å². The van der Waals surface area contributed by atoms with E-state index in [9.17, 15) is 25.2 Å². The number of rotatable bonds is 7. The Morgan fingerprint density at radius 2 is 1.78 bits per heavy atom. The Bertz CT molecular complexity index is 1190. The second-order valence-corrected chi connectivity index (χ2v) is 9.82. The van der Waals surface area contributed by atoms with Crippen LogP contribution in [0.25, 0.3) is 11.1 Å². The van der Waals surface area contributed by atoms with E-state index in [-0.39, 0.29) is 5.43 Å². The molecule has 2 aromatic rings. The van der Waals surface area contributed by atoms with E-state index >= 15 is 0 Å². The minimum absolute atomic E-state index is 0.168. The number of ether oxygens (including phenoxy) is 4. The number of benzene rings is 1. The lowest BCUT2D eigenvalue weighted by Gasteiger charge is -2.42. The zero-order valence-corrected chi connectivity index (χ0v) is 21.9. The summed E-state index contributed by atoms with van der Waals surface area (Å²) in [6, 6.07) is 5.68. The number of nitrogens with one attached hydrogen (secondary N) is 1. The van der Waals surface area contributed by atoms with Gasteiger partial charge in [0.15, 0.2) is 23.2 Å². The SMILES string of the molecule is COc1cc2c(c(OC)c1OC)-c1ccc(SC)c(=O)cc1[C@@H](NC1C(CO)OC(O)C(O)C1O)CC2. The zero-order chi connectivity index (χ0) is 26.9. The van der Waals surface area contributed by atoms with Crippen LogP contribution in [0.15, 0.2) is 34.0 Å². The van der Waals surface area contributed by atoms with E-state index in [0.29, 0.717) is 40.5 Å². The molecule has 11 heteroatoms. The number of aliphatic hydroxyl groups is 4. The Morgan fingerprint density at radius 3 is 2.41 bits per heavy atom. The molecule has 5 N–H and O–H groups in total. The Balaban J connectivity index is 1.92. The van der Waals surface area contributed by atoms with E-state index in [0.717, 1.165) is 16.7 Å². The maximum atomic E-state index is 13.1. The van der Waals surface area contributed by atoms with E-state index < -0.39 is 43.3 Å². The fraction of sp³-hybridized carbons (Fsp3) is 0.500. The second kappa shape index (κ2) is 11.6. The quantitative estimate of drug-likeness (QED) is 0.321. The minimum Gasteiger partial charge on any atom is -0.493 e. The molecule has 0 saturated carbocycles. The van der Waals surface area contributed by atoms with Gasteiger partial charge in [0.1, 0.15) is 18.3 Å². The van der Waals surface area contributed by atoms with E-state index in [1.165, 1.54) is 18.9 Å². The molecule has 0 amide bonds. The first-order chi connectivity index (χ1) is 17.8. The maximum Gasteiger partial charge on any atom is 0.203 e. The fourth-order valence-electron chi connectivity index (χ4n) is 5.18. The molecule has 0 bridgehead atoms. The Morgan fingerprint density at radius 1 is 1.05 bits per heavy atom. The summed E-state index contributed by atoms with van der Waals surface area (Å²) in [5, 5.41) is 44.1. The average molecular weight is 536 g/mol. The first kappa shape index (κ1) is 27.6. The smallest absolute Gasteiger partial charge is 0.203 e. The summed E-state index contributed by atoms with van der Waals surface area (Å²) in [4.78, 5) is 13.7. The van der Waals surface area contributed by atoms with Crippen molar-refractivity contribution in [3.63, 3.8) is 0 Å². The number of hydrogen-bond acceptors (Lipinski definition) is 11. The fourth-order valence-corrected chi connectivity index (χ4v) is 5.64. The largest absolute Gasteiger partial charge is 0.493 e. The molecular formula is C26H33NO9S. The van der Waals surface area contributed by atoms with Crippen LogP contribution in [0.5, 0.6) is 17.2 Å². The van der Waals surface area contributed by atoms with Crippen molar-refractivity contribution in [2.24, 2.45) is 0 Å². The lowest BCUT2D eigenvalue weighted by atomic mass is 9.92. The van der Waals surface area contributed by atoms with Crippen LogP contribution in [0.3, 0.4) is 0 Å². The van der Waals surface area contributed by atoms with Crippen LogP contribution < -0.4 is 25.0 Å². The van der Waals surface area contributed by atoms with Gasteiger partial charge in [0, 0.05) is 11.6 Å².